The zero-order chi connectivity index (χ0) is 21.9. The van der Waals surface area contributed by atoms with Gasteiger partial charge >= 0.3 is 12.1 Å². The van der Waals surface area contributed by atoms with E-state index in [4.69, 9.17) is 4.74 Å². The topological polar surface area (TPSA) is 61.9 Å². The molecule has 1 heterocycles. The molecule has 1 aliphatic heterocycles. The normalized spacial score (nSPS) is 16.2. The van der Waals surface area contributed by atoms with Gasteiger partial charge in [-0.3, -0.25) is 0 Å². The first kappa shape index (κ1) is 21.9. The van der Waals surface area contributed by atoms with Gasteiger partial charge < -0.3 is 19.9 Å². The zero-order valence-corrected chi connectivity index (χ0v) is 18.6. The molecule has 0 bridgehead atoms. The Labute approximate surface area is 179 Å². The number of urea groups is 1. The van der Waals surface area contributed by atoms with E-state index in [-0.39, 0.29) is 24.2 Å². The fourth-order valence-electron chi connectivity index (χ4n) is 3.92. The third-order valence-electron chi connectivity index (χ3n) is 5.61. The van der Waals surface area contributed by atoms with Gasteiger partial charge in [-0.2, -0.15) is 0 Å². The summed E-state index contributed by atoms with van der Waals surface area (Å²) in [5, 5.41) is 5.45. The molecule has 1 atom stereocenters. The number of ether oxygens (including phenoxy) is 1. The summed E-state index contributed by atoms with van der Waals surface area (Å²) in [5.41, 5.74) is 0.608. The molecule has 3 rings (SSSR count). The average Bonchev–Trinajstić information content (AvgIpc) is 2.71. The van der Waals surface area contributed by atoms with Crippen LogP contribution in [-0.4, -0.2) is 53.7 Å². The number of hydrogen-bond acceptors (Lipinski definition) is 3. The first-order chi connectivity index (χ1) is 14.2. The minimum Gasteiger partial charge on any atom is -0.444 e. The number of carbonyl (C=O) groups excluding carboxylic acids is 2. The Hall–Kier alpha value is -2.76. The second-order valence-corrected chi connectivity index (χ2v) is 9.05. The molecule has 1 saturated heterocycles. The number of rotatable bonds is 3. The number of amides is 3. The number of nitrogens with zero attached hydrogens (tertiary/aromatic N) is 2. The van der Waals surface area contributed by atoms with E-state index in [1.807, 2.05) is 52.9 Å². The third kappa shape index (κ3) is 5.23. The number of fused-ring (bicyclic) bond motifs is 1. The summed E-state index contributed by atoms with van der Waals surface area (Å²) in [6.07, 6.45) is 1.20. The molecule has 0 radical (unpaired) electrons. The van der Waals surface area contributed by atoms with Crippen LogP contribution in [0.2, 0.25) is 0 Å². The van der Waals surface area contributed by atoms with Crippen LogP contribution in [0.3, 0.4) is 0 Å². The lowest BCUT2D eigenvalue weighted by Gasteiger charge is -2.37. The highest BCUT2D eigenvalue weighted by Crippen LogP contribution is 2.25. The molecule has 3 amide bonds. The van der Waals surface area contributed by atoms with Crippen LogP contribution in [0.4, 0.5) is 9.59 Å². The smallest absolute Gasteiger partial charge is 0.410 e. The Morgan fingerprint density at radius 3 is 2.40 bits per heavy atom. The highest BCUT2D eigenvalue weighted by Gasteiger charge is 2.30. The zero-order valence-electron chi connectivity index (χ0n) is 18.6. The van der Waals surface area contributed by atoms with E-state index >= 15 is 0 Å². The Morgan fingerprint density at radius 2 is 1.73 bits per heavy atom. The maximum atomic E-state index is 12.9. The van der Waals surface area contributed by atoms with Gasteiger partial charge in [0.25, 0.3) is 0 Å². The Bertz CT molecular complexity index is 893. The molecule has 2 aromatic carbocycles. The molecule has 1 N–H and O–H groups in total. The van der Waals surface area contributed by atoms with Gasteiger partial charge in [-0.05, 0) is 56.9 Å². The Balaban J connectivity index is 1.57. The quantitative estimate of drug-likeness (QED) is 0.778. The fraction of sp³-hybridized carbons (Fsp3) is 0.500. The first-order valence-corrected chi connectivity index (χ1v) is 10.6. The summed E-state index contributed by atoms with van der Waals surface area (Å²) >= 11 is 0. The molecule has 6 heteroatoms. The highest BCUT2D eigenvalue weighted by atomic mass is 16.6. The monoisotopic (exact) mass is 411 g/mol. The highest BCUT2D eigenvalue weighted by molar-refractivity contribution is 5.86. The van der Waals surface area contributed by atoms with Crippen molar-refractivity contribution in [3.63, 3.8) is 0 Å². The van der Waals surface area contributed by atoms with Gasteiger partial charge in [0.05, 0.1) is 6.04 Å². The van der Waals surface area contributed by atoms with Gasteiger partial charge in [-0.1, -0.05) is 42.5 Å². The predicted octanol–water partition coefficient (Wildman–Crippen LogP) is 4.94. The van der Waals surface area contributed by atoms with E-state index < -0.39 is 5.60 Å². The number of carbonyl (C=O) groups is 2. The molecule has 0 aliphatic carbocycles. The molecule has 0 aromatic heterocycles. The van der Waals surface area contributed by atoms with Crippen molar-refractivity contribution in [3.8, 4) is 0 Å². The Morgan fingerprint density at radius 1 is 1.10 bits per heavy atom. The van der Waals surface area contributed by atoms with Crippen LogP contribution in [-0.2, 0) is 4.74 Å². The van der Waals surface area contributed by atoms with Crippen LogP contribution < -0.4 is 5.32 Å². The first-order valence-electron chi connectivity index (χ1n) is 10.6. The van der Waals surface area contributed by atoms with Crippen molar-refractivity contribution < 1.29 is 14.3 Å². The minimum atomic E-state index is -0.498. The standard InChI is InChI=1S/C24H33N3O3/c1-17(20-12-8-10-18-9-6-7-11-21(18)20)25-22(28)26(5)19-13-15-27(16-14-19)23(29)30-24(2,3)4/h6-12,17,19H,13-16H2,1-5H3,(H,25,28). The fourth-order valence-corrected chi connectivity index (χ4v) is 3.92. The van der Waals surface area contributed by atoms with Crippen LogP contribution >= 0.6 is 0 Å². The number of nitrogens with one attached hydrogen (secondary N) is 1. The van der Waals surface area contributed by atoms with Crippen molar-refractivity contribution in [2.24, 2.45) is 0 Å². The maximum Gasteiger partial charge on any atom is 0.410 e. The number of piperidine rings is 1. The van der Waals surface area contributed by atoms with E-state index in [1.165, 1.54) is 5.39 Å². The molecular formula is C24H33N3O3. The molecule has 162 valence electrons. The summed E-state index contributed by atoms with van der Waals surface area (Å²) in [4.78, 5) is 28.6. The second kappa shape index (κ2) is 8.94. The number of hydrogen-bond donors (Lipinski definition) is 1. The van der Waals surface area contributed by atoms with E-state index in [9.17, 15) is 9.59 Å². The van der Waals surface area contributed by atoms with Crippen molar-refractivity contribution >= 4 is 22.9 Å². The van der Waals surface area contributed by atoms with Crippen molar-refractivity contribution in [1.29, 1.82) is 0 Å². The molecule has 0 saturated carbocycles. The molecule has 0 spiro atoms. The lowest BCUT2D eigenvalue weighted by atomic mass is 9.99. The molecule has 1 aliphatic rings. The molecule has 30 heavy (non-hydrogen) atoms. The largest absolute Gasteiger partial charge is 0.444 e. The van der Waals surface area contributed by atoms with Gasteiger partial charge in [0.1, 0.15) is 5.60 Å². The summed E-state index contributed by atoms with van der Waals surface area (Å²) < 4.78 is 5.45. The van der Waals surface area contributed by atoms with Crippen molar-refractivity contribution in [2.45, 2.75) is 58.2 Å². The maximum absolute atomic E-state index is 12.9. The molecule has 2 aromatic rings. The van der Waals surface area contributed by atoms with Crippen molar-refractivity contribution in [2.75, 3.05) is 20.1 Å². The predicted molar refractivity (Wildman–Crippen MR) is 119 cm³/mol. The van der Waals surface area contributed by atoms with E-state index in [0.29, 0.717) is 13.1 Å². The van der Waals surface area contributed by atoms with E-state index in [0.717, 1.165) is 23.8 Å². The Kier molecular flexibility index (Phi) is 6.54. The van der Waals surface area contributed by atoms with Gasteiger partial charge in [0, 0.05) is 26.2 Å². The van der Waals surface area contributed by atoms with E-state index in [1.54, 1.807) is 9.80 Å². The van der Waals surface area contributed by atoms with Crippen LogP contribution in [0.25, 0.3) is 10.8 Å². The summed E-state index contributed by atoms with van der Waals surface area (Å²) in [5.74, 6) is 0. The van der Waals surface area contributed by atoms with Crippen LogP contribution in [0.5, 0.6) is 0 Å². The van der Waals surface area contributed by atoms with Crippen LogP contribution in [0.15, 0.2) is 42.5 Å². The summed E-state index contributed by atoms with van der Waals surface area (Å²) in [6, 6.07) is 14.3. The van der Waals surface area contributed by atoms with Gasteiger partial charge in [0.15, 0.2) is 0 Å². The molecule has 6 nitrogen and oxygen atoms in total. The molecule has 1 fully saturated rings. The summed E-state index contributed by atoms with van der Waals surface area (Å²) in [6.45, 7) is 8.80. The van der Waals surface area contributed by atoms with E-state index in [2.05, 4.69) is 29.6 Å². The van der Waals surface area contributed by atoms with Crippen molar-refractivity contribution in [1.82, 2.24) is 15.1 Å². The summed E-state index contributed by atoms with van der Waals surface area (Å²) in [7, 11) is 1.83. The lowest BCUT2D eigenvalue weighted by molar-refractivity contribution is 0.0172. The van der Waals surface area contributed by atoms with Gasteiger partial charge in [0.2, 0.25) is 0 Å². The van der Waals surface area contributed by atoms with Gasteiger partial charge in [-0.25, -0.2) is 9.59 Å². The second-order valence-electron chi connectivity index (χ2n) is 9.05. The van der Waals surface area contributed by atoms with Crippen LogP contribution in [0, 0.1) is 0 Å². The third-order valence-corrected chi connectivity index (χ3v) is 5.61. The number of benzene rings is 2. The lowest BCUT2D eigenvalue weighted by Crippen LogP contribution is -2.50. The number of likely N-dealkylation sites (tertiary alicyclic amines) is 1. The molecule has 1 unspecified atom stereocenters. The van der Waals surface area contributed by atoms with Crippen molar-refractivity contribution in [3.05, 3.63) is 48.0 Å². The van der Waals surface area contributed by atoms with Crippen LogP contribution in [0.1, 0.15) is 52.1 Å². The SMILES string of the molecule is CC(NC(=O)N(C)C1CCN(C(=O)OC(C)(C)C)CC1)c1cccc2ccccc12. The van der Waals surface area contributed by atoms with Gasteiger partial charge in [-0.15, -0.1) is 0 Å². The molecular weight excluding hydrogens is 378 g/mol. The average molecular weight is 412 g/mol. The minimum absolute atomic E-state index is 0.0915.